The van der Waals surface area contributed by atoms with Crippen molar-refractivity contribution in [2.45, 2.75) is 24.5 Å². The maximum atomic E-state index is 12.3. The highest BCUT2D eigenvalue weighted by atomic mass is 32.2. The van der Waals surface area contributed by atoms with Crippen LogP contribution in [0.25, 0.3) is 0 Å². The normalized spacial score (nSPS) is 31.5. The summed E-state index contributed by atoms with van der Waals surface area (Å²) in [4.78, 5) is 11.0. The molecule has 2 atom stereocenters. The number of hydrogen-bond donors (Lipinski definition) is 1. The maximum absolute atomic E-state index is 12.3. The number of nitrogens with zero attached hydrogens (tertiary/aromatic N) is 1. The van der Waals surface area contributed by atoms with Gasteiger partial charge in [0.05, 0.1) is 24.4 Å². The number of ether oxygens (including phenoxy) is 1. The minimum atomic E-state index is -3.48. The molecule has 7 heteroatoms. The number of sulfonamides is 1. The number of morpholine rings is 1. The predicted molar refractivity (Wildman–Crippen MR) is 60.1 cm³/mol. The zero-order chi connectivity index (χ0) is 12.5. The Morgan fingerprint density at radius 1 is 1.24 bits per heavy atom. The fraction of sp³-hybridized carbons (Fsp3) is 0.900. The van der Waals surface area contributed by atoms with Crippen LogP contribution < -0.4 is 0 Å². The van der Waals surface area contributed by atoms with Crippen LogP contribution >= 0.6 is 0 Å². The van der Waals surface area contributed by atoms with Crippen LogP contribution in [0.5, 0.6) is 0 Å². The lowest BCUT2D eigenvalue weighted by Gasteiger charge is -2.30. The van der Waals surface area contributed by atoms with Gasteiger partial charge >= 0.3 is 5.97 Å². The molecule has 6 nitrogen and oxygen atoms in total. The molecule has 0 aromatic rings. The summed E-state index contributed by atoms with van der Waals surface area (Å²) in [6.45, 7) is 1.46. The Labute approximate surface area is 101 Å². The molecule has 0 amide bonds. The summed E-state index contributed by atoms with van der Waals surface area (Å²) in [5.74, 6) is -1.74. The zero-order valence-corrected chi connectivity index (χ0v) is 10.4. The molecule has 0 spiro atoms. The van der Waals surface area contributed by atoms with E-state index < -0.39 is 27.2 Å². The van der Waals surface area contributed by atoms with Gasteiger partial charge in [-0.15, -0.1) is 0 Å². The fourth-order valence-corrected chi connectivity index (χ4v) is 4.73. The lowest BCUT2D eigenvalue weighted by Crippen LogP contribution is -2.47. The summed E-state index contributed by atoms with van der Waals surface area (Å²) in [5.41, 5.74) is 0. The van der Waals surface area contributed by atoms with Crippen LogP contribution in [0.1, 0.15) is 19.3 Å². The Kier molecular flexibility index (Phi) is 3.70. The summed E-state index contributed by atoms with van der Waals surface area (Å²) in [6.07, 6.45) is 1.59. The third kappa shape index (κ3) is 2.46. The summed E-state index contributed by atoms with van der Waals surface area (Å²) in [5, 5.41) is 8.29. The average molecular weight is 263 g/mol. The van der Waals surface area contributed by atoms with Crippen molar-refractivity contribution in [3.8, 4) is 0 Å². The van der Waals surface area contributed by atoms with Gasteiger partial charge in [-0.25, -0.2) is 8.42 Å². The lowest BCUT2D eigenvalue weighted by atomic mass is 10.1. The van der Waals surface area contributed by atoms with Crippen molar-refractivity contribution in [1.82, 2.24) is 4.31 Å². The molecule has 1 heterocycles. The summed E-state index contributed by atoms with van der Waals surface area (Å²) < 4.78 is 31.1. The van der Waals surface area contributed by atoms with Crippen molar-refractivity contribution < 1.29 is 23.1 Å². The Balaban J connectivity index is 2.16. The topological polar surface area (TPSA) is 83.9 Å². The summed E-state index contributed by atoms with van der Waals surface area (Å²) in [6, 6.07) is 0. The highest BCUT2D eigenvalue weighted by Crippen LogP contribution is 2.33. The highest BCUT2D eigenvalue weighted by Gasteiger charge is 2.44. The van der Waals surface area contributed by atoms with Gasteiger partial charge in [0.1, 0.15) is 0 Å². The van der Waals surface area contributed by atoms with E-state index >= 15 is 0 Å². The van der Waals surface area contributed by atoms with Crippen molar-refractivity contribution in [2.24, 2.45) is 5.92 Å². The number of aliphatic carboxylic acids is 1. The van der Waals surface area contributed by atoms with Crippen LogP contribution in [-0.4, -0.2) is 55.4 Å². The van der Waals surface area contributed by atoms with Gasteiger partial charge < -0.3 is 9.84 Å². The van der Waals surface area contributed by atoms with Crippen molar-refractivity contribution >= 4 is 16.0 Å². The Morgan fingerprint density at radius 3 is 2.47 bits per heavy atom. The molecule has 0 bridgehead atoms. The molecule has 17 heavy (non-hydrogen) atoms. The number of carbonyl (C=O) groups is 1. The second kappa shape index (κ2) is 4.91. The second-order valence-corrected chi connectivity index (χ2v) is 6.62. The molecule has 1 N–H and O–H groups in total. The van der Waals surface area contributed by atoms with Gasteiger partial charge in [0.2, 0.25) is 10.0 Å². The Morgan fingerprint density at radius 2 is 1.88 bits per heavy atom. The van der Waals surface area contributed by atoms with Gasteiger partial charge in [0.25, 0.3) is 0 Å². The quantitative estimate of drug-likeness (QED) is 0.768. The van der Waals surface area contributed by atoms with Gasteiger partial charge in [-0.05, 0) is 12.8 Å². The number of rotatable bonds is 3. The zero-order valence-electron chi connectivity index (χ0n) is 9.54. The van der Waals surface area contributed by atoms with Crippen molar-refractivity contribution in [3.63, 3.8) is 0 Å². The van der Waals surface area contributed by atoms with Gasteiger partial charge in [0, 0.05) is 13.1 Å². The maximum Gasteiger partial charge on any atom is 0.307 e. The molecule has 98 valence electrons. The Hall–Kier alpha value is -0.660. The number of carboxylic acid groups (broad SMARTS) is 1. The molecule has 2 fully saturated rings. The van der Waals surface area contributed by atoms with Crippen LogP contribution in [-0.2, 0) is 19.6 Å². The van der Waals surface area contributed by atoms with Gasteiger partial charge in [-0.2, -0.15) is 4.31 Å². The van der Waals surface area contributed by atoms with Gasteiger partial charge in [-0.1, -0.05) is 6.42 Å². The van der Waals surface area contributed by atoms with Gasteiger partial charge in [-0.3, -0.25) is 4.79 Å². The van der Waals surface area contributed by atoms with Crippen LogP contribution in [0.4, 0.5) is 0 Å². The van der Waals surface area contributed by atoms with E-state index in [-0.39, 0.29) is 0 Å². The molecule has 2 rings (SSSR count). The van der Waals surface area contributed by atoms with Crippen molar-refractivity contribution in [3.05, 3.63) is 0 Å². The lowest BCUT2D eigenvalue weighted by molar-refractivity contribution is -0.141. The Bertz CT molecular complexity index is 388. The molecule has 0 aromatic carbocycles. The predicted octanol–water partition coefficient (Wildman–Crippen LogP) is -0.0983. The van der Waals surface area contributed by atoms with Crippen LogP contribution in [0.2, 0.25) is 0 Å². The van der Waals surface area contributed by atoms with Crippen LogP contribution in [0.3, 0.4) is 0 Å². The van der Waals surface area contributed by atoms with E-state index in [1.165, 1.54) is 4.31 Å². The fourth-order valence-electron chi connectivity index (χ4n) is 2.56. The van der Waals surface area contributed by atoms with E-state index in [4.69, 9.17) is 9.84 Å². The third-order valence-electron chi connectivity index (χ3n) is 3.48. The molecule has 2 aliphatic rings. The number of carboxylic acids is 1. The van der Waals surface area contributed by atoms with E-state index in [9.17, 15) is 13.2 Å². The molecular formula is C10H17NO5S. The second-order valence-electron chi connectivity index (χ2n) is 4.47. The molecule has 0 radical (unpaired) electrons. The first-order chi connectivity index (χ1) is 8.03. The van der Waals surface area contributed by atoms with E-state index in [2.05, 4.69) is 0 Å². The first-order valence-electron chi connectivity index (χ1n) is 5.83. The summed E-state index contributed by atoms with van der Waals surface area (Å²) >= 11 is 0. The van der Waals surface area contributed by atoms with Crippen LogP contribution in [0, 0.1) is 5.92 Å². The number of hydrogen-bond acceptors (Lipinski definition) is 4. The van der Waals surface area contributed by atoms with Crippen molar-refractivity contribution in [2.75, 3.05) is 26.3 Å². The molecule has 1 aliphatic carbocycles. The average Bonchev–Trinajstić information content (AvgIpc) is 2.80. The van der Waals surface area contributed by atoms with E-state index in [0.717, 1.165) is 0 Å². The molecular weight excluding hydrogens is 246 g/mol. The van der Waals surface area contributed by atoms with Crippen molar-refractivity contribution in [1.29, 1.82) is 0 Å². The minimum Gasteiger partial charge on any atom is -0.481 e. The molecule has 2 unspecified atom stereocenters. The smallest absolute Gasteiger partial charge is 0.307 e. The minimum absolute atomic E-state index is 0.338. The highest BCUT2D eigenvalue weighted by molar-refractivity contribution is 7.89. The standard InChI is InChI=1S/C10H17NO5S/c12-10(13)8-2-1-3-9(8)17(14,15)11-4-6-16-7-5-11/h8-9H,1-7H2,(H,12,13). The SMILES string of the molecule is O=C(O)C1CCCC1S(=O)(=O)N1CCOCC1. The van der Waals surface area contributed by atoms with E-state index in [1.54, 1.807) is 0 Å². The van der Waals surface area contributed by atoms with E-state index in [0.29, 0.717) is 45.6 Å². The third-order valence-corrected chi connectivity index (χ3v) is 5.90. The molecule has 1 aliphatic heterocycles. The first kappa shape index (κ1) is 12.8. The van der Waals surface area contributed by atoms with E-state index in [1.807, 2.05) is 0 Å². The monoisotopic (exact) mass is 263 g/mol. The largest absolute Gasteiger partial charge is 0.481 e. The van der Waals surface area contributed by atoms with Gasteiger partial charge in [0.15, 0.2) is 0 Å². The molecule has 0 aromatic heterocycles. The summed E-state index contributed by atoms with van der Waals surface area (Å²) in [7, 11) is -3.48. The first-order valence-corrected chi connectivity index (χ1v) is 7.33. The van der Waals surface area contributed by atoms with Crippen LogP contribution in [0.15, 0.2) is 0 Å². The molecule has 1 saturated carbocycles. The molecule has 1 saturated heterocycles.